The standard InChI is InChI=1S/C14H20FN3O3S/c1-10-2-3-12(8-13(10)15)22(20,21)17-11-4-6-18(7-5-11)9-14(16)19/h2-3,8,11,17H,4-7,9H2,1H3,(H2,16,19). The van der Waals surface area contributed by atoms with Gasteiger partial charge in [0.15, 0.2) is 0 Å². The van der Waals surface area contributed by atoms with Crippen LogP contribution in [0.4, 0.5) is 4.39 Å². The summed E-state index contributed by atoms with van der Waals surface area (Å²) >= 11 is 0. The quantitative estimate of drug-likeness (QED) is 0.816. The number of nitrogens with one attached hydrogen (secondary N) is 1. The molecule has 1 amide bonds. The van der Waals surface area contributed by atoms with Crippen molar-refractivity contribution in [1.82, 2.24) is 9.62 Å². The highest BCUT2D eigenvalue weighted by atomic mass is 32.2. The van der Waals surface area contributed by atoms with E-state index < -0.39 is 21.7 Å². The maximum Gasteiger partial charge on any atom is 0.240 e. The molecule has 1 fully saturated rings. The zero-order valence-corrected chi connectivity index (χ0v) is 13.2. The van der Waals surface area contributed by atoms with Crippen LogP contribution in [-0.4, -0.2) is 44.9 Å². The molecule has 1 aliphatic rings. The van der Waals surface area contributed by atoms with Crippen LogP contribution < -0.4 is 10.5 Å². The molecule has 6 nitrogen and oxygen atoms in total. The number of carbonyl (C=O) groups excluding carboxylic acids is 1. The van der Waals surface area contributed by atoms with E-state index in [1.54, 1.807) is 6.92 Å². The molecule has 0 radical (unpaired) electrons. The van der Waals surface area contributed by atoms with Crippen LogP contribution in [-0.2, 0) is 14.8 Å². The van der Waals surface area contributed by atoms with Crippen molar-refractivity contribution in [3.63, 3.8) is 0 Å². The minimum absolute atomic E-state index is 0.0739. The maximum atomic E-state index is 13.5. The van der Waals surface area contributed by atoms with Crippen LogP contribution in [0.5, 0.6) is 0 Å². The molecule has 2 rings (SSSR count). The molecule has 3 N–H and O–H groups in total. The summed E-state index contributed by atoms with van der Waals surface area (Å²) in [6, 6.07) is 3.64. The van der Waals surface area contributed by atoms with E-state index in [9.17, 15) is 17.6 Å². The third kappa shape index (κ3) is 4.25. The highest BCUT2D eigenvalue weighted by Crippen LogP contribution is 2.17. The third-order valence-electron chi connectivity index (χ3n) is 3.74. The predicted octanol–water partition coefficient (Wildman–Crippen LogP) is 0.362. The summed E-state index contributed by atoms with van der Waals surface area (Å²) in [5.41, 5.74) is 5.54. The van der Waals surface area contributed by atoms with E-state index in [0.717, 1.165) is 6.07 Å². The number of rotatable bonds is 5. The van der Waals surface area contributed by atoms with E-state index >= 15 is 0 Å². The maximum absolute atomic E-state index is 13.5. The molecule has 8 heteroatoms. The lowest BCUT2D eigenvalue weighted by atomic mass is 10.1. The highest BCUT2D eigenvalue weighted by Gasteiger charge is 2.25. The minimum Gasteiger partial charge on any atom is -0.369 e. The molecular formula is C14H20FN3O3S. The van der Waals surface area contributed by atoms with Crippen LogP contribution in [0.3, 0.4) is 0 Å². The fraction of sp³-hybridized carbons (Fsp3) is 0.500. The number of primary amides is 1. The number of hydrogen-bond acceptors (Lipinski definition) is 4. The average Bonchev–Trinajstić information content (AvgIpc) is 2.43. The zero-order valence-electron chi connectivity index (χ0n) is 12.4. The van der Waals surface area contributed by atoms with Crippen LogP contribution in [0, 0.1) is 12.7 Å². The van der Waals surface area contributed by atoms with Gasteiger partial charge in [-0.25, -0.2) is 17.5 Å². The topological polar surface area (TPSA) is 92.5 Å². The van der Waals surface area contributed by atoms with Crippen molar-refractivity contribution in [2.45, 2.75) is 30.7 Å². The number of nitrogens with zero attached hydrogens (tertiary/aromatic N) is 1. The molecule has 0 aliphatic carbocycles. The van der Waals surface area contributed by atoms with Crippen LogP contribution in [0.15, 0.2) is 23.1 Å². The molecule has 0 aromatic heterocycles. The van der Waals surface area contributed by atoms with Gasteiger partial charge in [0.05, 0.1) is 11.4 Å². The van der Waals surface area contributed by atoms with E-state index in [0.29, 0.717) is 31.5 Å². The van der Waals surface area contributed by atoms with E-state index in [-0.39, 0.29) is 17.5 Å². The molecule has 1 saturated heterocycles. The second-order valence-corrected chi connectivity index (χ2v) is 7.26. The van der Waals surface area contributed by atoms with Crippen molar-refractivity contribution in [3.8, 4) is 0 Å². The van der Waals surface area contributed by atoms with Crippen molar-refractivity contribution in [2.24, 2.45) is 5.73 Å². The molecule has 0 atom stereocenters. The van der Waals surface area contributed by atoms with Crippen molar-refractivity contribution in [1.29, 1.82) is 0 Å². The van der Waals surface area contributed by atoms with E-state index in [2.05, 4.69) is 4.72 Å². The number of amides is 1. The van der Waals surface area contributed by atoms with Gasteiger partial charge in [0.25, 0.3) is 0 Å². The lowest BCUT2D eigenvalue weighted by molar-refractivity contribution is -0.119. The van der Waals surface area contributed by atoms with Crippen molar-refractivity contribution in [2.75, 3.05) is 19.6 Å². The fourth-order valence-corrected chi connectivity index (χ4v) is 3.77. The van der Waals surface area contributed by atoms with Crippen LogP contribution in [0.1, 0.15) is 18.4 Å². The monoisotopic (exact) mass is 329 g/mol. The Morgan fingerprint density at radius 3 is 2.59 bits per heavy atom. The minimum atomic E-state index is -3.74. The molecule has 0 unspecified atom stereocenters. The summed E-state index contributed by atoms with van der Waals surface area (Å²) in [7, 11) is -3.74. The number of halogens is 1. The van der Waals surface area contributed by atoms with Gasteiger partial charge in [-0.15, -0.1) is 0 Å². The molecule has 1 heterocycles. The van der Waals surface area contributed by atoms with Gasteiger partial charge < -0.3 is 5.73 Å². The first-order chi connectivity index (χ1) is 10.3. The average molecular weight is 329 g/mol. The summed E-state index contributed by atoms with van der Waals surface area (Å²) in [6.45, 7) is 2.95. The third-order valence-corrected chi connectivity index (χ3v) is 5.26. The highest BCUT2D eigenvalue weighted by molar-refractivity contribution is 7.89. The summed E-state index contributed by atoms with van der Waals surface area (Å²) < 4.78 is 40.6. The summed E-state index contributed by atoms with van der Waals surface area (Å²) in [4.78, 5) is 12.7. The Morgan fingerprint density at radius 1 is 1.41 bits per heavy atom. The largest absolute Gasteiger partial charge is 0.369 e. The van der Waals surface area contributed by atoms with E-state index in [1.165, 1.54) is 12.1 Å². The molecule has 122 valence electrons. The van der Waals surface area contributed by atoms with Gasteiger partial charge in [0, 0.05) is 19.1 Å². The second kappa shape index (κ2) is 6.72. The number of nitrogens with two attached hydrogens (primary N) is 1. The first-order valence-electron chi connectivity index (χ1n) is 7.07. The van der Waals surface area contributed by atoms with Crippen LogP contribution in [0.25, 0.3) is 0 Å². The molecule has 1 aromatic rings. The van der Waals surface area contributed by atoms with Gasteiger partial charge in [-0.3, -0.25) is 9.69 Å². The Balaban J connectivity index is 1.98. The van der Waals surface area contributed by atoms with Gasteiger partial charge in [-0.1, -0.05) is 6.07 Å². The Kier molecular flexibility index (Phi) is 5.15. The first-order valence-corrected chi connectivity index (χ1v) is 8.55. The summed E-state index contributed by atoms with van der Waals surface area (Å²) in [6.07, 6.45) is 1.17. The van der Waals surface area contributed by atoms with E-state index in [4.69, 9.17) is 5.73 Å². The Morgan fingerprint density at radius 2 is 2.05 bits per heavy atom. The fourth-order valence-electron chi connectivity index (χ4n) is 2.46. The van der Waals surface area contributed by atoms with Gasteiger partial charge in [0.1, 0.15) is 5.82 Å². The number of piperidine rings is 1. The van der Waals surface area contributed by atoms with Gasteiger partial charge in [-0.05, 0) is 37.5 Å². The molecular weight excluding hydrogens is 309 g/mol. The molecule has 0 spiro atoms. The summed E-state index contributed by atoms with van der Waals surface area (Å²) in [5, 5.41) is 0. The molecule has 0 bridgehead atoms. The normalized spacial score (nSPS) is 17.5. The van der Waals surface area contributed by atoms with Gasteiger partial charge in [-0.2, -0.15) is 0 Å². The van der Waals surface area contributed by atoms with Gasteiger partial charge >= 0.3 is 0 Å². The van der Waals surface area contributed by atoms with Crippen molar-refractivity contribution in [3.05, 3.63) is 29.6 Å². The second-order valence-electron chi connectivity index (χ2n) is 5.55. The summed E-state index contributed by atoms with van der Waals surface area (Å²) in [5.74, 6) is -0.937. The van der Waals surface area contributed by atoms with Crippen molar-refractivity contribution < 1.29 is 17.6 Å². The Bertz CT molecular complexity index is 655. The Hall–Kier alpha value is -1.51. The molecule has 1 aromatic carbocycles. The molecule has 1 aliphatic heterocycles. The van der Waals surface area contributed by atoms with Crippen LogP contribution in [0.2, 0.25) is 0 Å². The SMILES string of the molecule is Cc1ccc(S(=O)(=O)NC2CCN(CC(N)=O)CC2)cc1F. The first kappa shape index (κ1) is 16.9. The number of benzene rings is 1. The zero-order chi connectivity index (χ0) is 16.3. The Labute approximate surface area is 129 Å². The molecule has 0 saturated carbocycles. The van der Waals surface area contributed by atoms with Crippen molar-refractivity contribution >= 4 is 15.9 Å². The van der Waals surface area contributed by atoms with Crippen LogP contribution >= 0.6 is 0 Å². The number of sulfonamides is 1. The van der Waals surface area contributed by atoms with E-state index in [1.807, 2.05) is 4.90 Å². The number of hydrogen-bond donors (Lipinski definition) is 2. The lowest BCUT2D eigenvalue weighted by Crippen LogP contribution is -2.46. The van der Waals surface area contributed by atoms with Gasteiger partial charge in [0.2, 0.25) is 15.9 Å². The lowest BCUT2D eigenvalue weighted by Gasteiger charge is -2.31. The smallest absolute Gasteiger partial charge is 0.240 e. The number of likely N-dealkylation sites (tertiary alicyclic amines) is 1. The molecule has 22 heavy (non-hydrogen) atoms. The number of carbonyl (C=O) groups is 1. The number of aryl methyl sites for hydroxylation is 1. The predicted molar refractivity (Wildman–Crippen MR) is 80.1 cm³/mol.